The lowest BCUT2D eigenvalue weighted by atomic mass is 10.1. The van der Waals surface area contributed by atoms with Gasteiger partial charge in [-0.05, 0) is 53.3 Å². The Morgan fingerprint density at radius 1 is 0.983 bits per heavy atom. The Labute approximate surface area is 337 Å². The van der Waals surface area contributed by atoms with Crippen LogP contribution in [-0.4, -0.2) is 102 Å². The quantitative estimate of drug-likeness (QED) is 0.0666. The summed E-state index contributed by atoms with van der Waals surface area (Å²) in [5.74, 6) is -0.471. The minimum Gasteiger partial charge on any atom is -0.427 e. The maximum atomic E-state index is 14.8. The number of carbonyl (C=O) groups is 2. The number of nitrogens with zero attached hydrogens (tertiary/aromatic N) is 5. The van der Waals surface area contributed by atoms with Crippen LogP contribution in [0.15, 0.2) is 83.0 Å². The van der Waals surface area contributed by atoms with E-state index in [0.29, 0.717) is 16.7 Å². The fourth-order valence-electron chi connectivity index (χ4n) is 6.41. The molecule has 0 saturated carbocycles. The van der Waals surface area contributed by atoms with Gasteiger partial charge in [0.25, 0.3) is 5.56 Å². The van der Waals surface area contributed by atoms with Crippen LogP contribution < -0.4 is 26.5 Å². The second-order valence-corrected chi connectivity index (χ2v) is 17.2. The molecule has 312 valence electrons. The van der Waals surface area contributed by atoms with E-state index < -0.39 is 86.2 Å². The van der Waals surface area contributed by atoms with Gasteiger partial charge in [-0.15, -0.1) is 0 Å². The summed E-state index contributed by atoms with van der Waals surface area (Å²) < 4.78 is 57.8. The van der Waals surface area contributed by atoms with Crippen molar-refractivity contribution in [1.82, 2.24) is 29.1 Å². The van der Waals surface area contributed by atoms with Gasteiger partial charge in [-0.2, -0.15) is 0 Å². The number of aromatic amines is 1. The number of aliphatic hydroxyl groups is 2. The number of benzene rings is 2. The number of aromatic nitrogens is 6. The number of nitrogens with one attached hydrogen (secondary N) is 1. The standard InChI is InChI=1S/C36H38N7O14PS/c1-19(45)53-22-9-5-21(6-10-22)35(48)54-23-7-3-20(4-8-23)16-59-58(50,57-30-25(14-44)56-34(31(30)51-2)42-12-11-27(47)41-36(42)49)52-15-26-24(46)13-28(55-26)43-18-40-29-32(37)38-17-39-33(29)43/h3-12,17-18,24-26,28,30-31,34,44,46H,13-16H2,1-2H3,(H2,37,38,39)(H,41,47,49)/t24?,25-,26-,28-,30?,31-,34-,58?/m1/s1. The van der Waals surface area contributed by atoms with Crippen molar-refractivity contribution in [2.75, 3.05) is 26.1 Å². The second-order valence-electron chi connectivity index (χ2n) is 13.2. The average Bonchev–Trinajstić information content (AvgIpc) is 3.92. The summed E-state index contributed by atoms with van der Waals surface area (Å²) >= 11 is 0.775. The highest BCUT2D eigenvalue weighted by Gasteiger charge is 2.51. The summed E-state index contributed by atoms with van der Waals surface area (Å²) in [6.07, 6.45) is -3.59. The van der Waals surface area contributed by atoms with E-state index in [9.17, 15) is 34.0 Å². The van der Waals surface area contributed by atoms with Crippen LogP contribution in [0.3, 0.4) is 0 Å². The maximum absolute atomic E-state index is 14.8. The van der Waals surface area contributed by atoms with E-state index in [0.717, 1.165) is 22.0 Å². The SMILES string of the molecule is CO[C@@H]1C(OP(=O)(OC[C@H]2O[C@@H](n3cnc4c(N)ncnc43)CC2O)SCc2ccc(OC(=O)c3ccc(OC(C)=O)cc3)cc2)[C@@H](CO)O[C@H]1n1ccc(=O)[nH]c1=O. The van der Waals surface area contributed by atoms with Crippen LogP contribution in [0.4, 0.5) is 5.82 Å². The van der Waals surface area contributed by atoms with E-state index in [1.807, 2.05) is 0 Å². The number of nitrogens with two attached hydrogens (primary N) is 1. The highest BCUT2D eigenvalue weighted by Crippen LogP contribution is 2.64. The van der Waals surface area contributed by atoms with Gasteiger partial charge in [0.15, 0.2) is 17.7 Å². The van der Waals surface area contributed by atoms with Gasteiger partial charge in [0, 0.05) is 38.5 Å². The first kappa shape index (κ1) is 41.9. The van der Waals surface area contributed by atoms with E-state index in [1.165, 1.54) is 69.3 Å². The molecule has 3 aromatic heterocycles. The van der Waals surface area contributed by atoms with Gasteiger partial charge >= 0.3 is 24.4 Å². The molecule has 0 radical (unpaired) electrons. The molecule has 3 unspecified atom stereocenters. The van der Waals surface area contributed by atoms with Gasteiger partial charge in [-0.25, -0.2) is 29.1 Å². The number of anilines is 1. The lowest BCUT2D eigenvalue weighted by Crippen LogP contribution is -2.39. The molecule has 2 saturated heterocycles. The molecular weight excluding hydrogens is 817 g/mol. The van der Waals surface area contributed by atoms with Crippen LogP contribution in [0.25, 0.3) is 11.2 Å². The third-order valence-corrected chi connectivity index (χ3v) is 12.9. The molecule has 0 amide bonds. The summed E-state index contributed by atoms with van der Waals surface area (Å²) in [7, 11) is 1.31. The molecule has 2 aromatic carbocycles. The number of nitrogen functional groups attached to an aromatic ring is 1. The molecule has 23 heteroatoms. The first-order valence-corrected chi connectivity index (χ1v) is 21.0. The zero-order valence-corrected chi connectivity index (χ0v) is 33.0. The number of methoxy groups -OCH3 is 1. The summed E-state index contributed by atoms with van der Waals surface area (Å²) in [6, 6.07) is 13.3. The molecule has 5 aromatic rings. The van der Waals surface area contributed by atoms with Crippen LogP contribution >= 0.6 is 18.2 Å². The monoisotopic (exact) mass is 855 g/mol. The number of hydrogen-bond acceptors (Lipinski definition) is 19. The molecule has 21 nitrogen and oxygen atoms in total. The van der Waals surface area contributed by atoms with Gasteiger partial charge in [-0.1, -0.05) is 12.1 Å². The minimum atomic E-state index is -4.33. The van der Waals surface area contributed by atoms with Gasteiger partial charge in [0.05, 0.1) is 31.2 Å². The van der Waals surface area contributed by atoms with E-state index in [4.69, 9.17) is 38.5 Å². The average molecular weight is 856 g/mol. The third kappa shape index (κ3) is 9.46. The van der Waals surface area contributed by atoms with E-state index >= 15 is 0 Å². The Kier molecular flexibility index (Phi) is 12.7. The molecule has 7 rings (SSSR count). The Balaban J connectivity index is 1.08. The topological polar surface area (TPSA) is 281 Å². The predicted molar refractivity (Wildman–Crippen MR) is 206 cm³/mol. The molecule has 2 fully saturated rings. The first-order valence-electron chi connectivity index (χ1n) is 17.9. The molecule has 2 aliphatic rings. The van der Waals surface area contributed by atoms with Crippen molar-refractivity contribution < 1.29 is 57.1 Å². The normalized spacial score (nSPS) is 23.9. The number of ether oxygens (including phenoxy) is 5. The van der Waals surface area contributed by atoms with Crippen LogP contribution in [0.5, 0.6) is 11.5 Å². The van der Waals surface area contributed by atoms with Gasteiger partial charge < -0.3 is 39.6 Å². The number of H-pyrrole nitrogens is 1. The molecule has 59 heavy (non-hydrogen) atoms. The van der Waals surface area contributed by atoms with Gasteiger partial charge in [-0.3, -0.25) is 32.8 Å². The minimum absolute atomic E-state index is 0.0276. The van der Waals surface area contributed by atoms with E-state index in [-0.39, 0.29) is 35.1 Å². The summed E-state index contributed by atoms with van der Waals surface area (Å²) in [5, 5.41) is 21.3. The molecule has 0 spiro atoms. The lowest BCUT2D eigenvalue weighted by molar-refractivity contribution is -0.131. The van der Waals surface area contributed by atoms with Gasteiger partial charge in [0.1, 0.15) is 54.0 Å². The molecule has 5 N–H and O–H groups in total. The van der Waals surface area contributed by atoms with Gasteiger partial charge in [0.2, 0.25) is 0 Å². The van der Waals surface area contributed by atoms with Crippen molar-refractivity contribution in [2.24, 2.45) is 0 Å². The highest BCUT2D eigenvalue weighted by molar-refractivity contribution is 8.54. The number of rotatable bonds is 15. The second kappa shape index (κ2) is 17.9. The Morgan fingerprint density at radius 2 is 1.71 bits per heavy atom. The van der Waals surface area contributed by atoms with E-state index in [2.05, 4.69) is 19.9 Å². The van der Waals surface area contributed by atoms with Crippen LogP contribution in [-0.2, 0) is 38.4 Å². The molecule has 8 atom stereocenters. The molecule has 0 bridgehead atoms. The third-order valence-electron chi connectivity index (χ3n) is 9.29. The number of esters is 2. The fraction of sp³-hybridized carbons (Fsp3) is 0.361. The number of imidazole rings is 1. The van der Waals surface area contributed by atoms with E-state index in [1.54, 1.807) is 16.7 Å². The molecule has 0 aliphatic carbocycles. The Bertz CT molecular complexity index is 2470. The number of fused-ring (bicyclic) bond motifs is 1. The summed E-state index contributed by atoms with van der Waals surface area (Å²) in [6.45, 7) is -4.12. The lowest BCUT2D eigenvalue weighted by Gasteiger charge is -2.28. The summed E-state index contributed by atoms with van der Waals surface area (Å²) in [5.41, 5.74) is 6.04. The maximum Gasteiger partial charge on any atom is 0.389 e. The van der Waals surface area contributed by atoms with Crippen molar-refractivity contribution in [3.05, 3.63) is 105 Å². The first-order chi connectivity index (χ1) is 28.3. The van der Waals surface area contributed by atoms with Crippen LogP contribution in [0.1, 0.15) is 41.7 Å². The fourth-order valence-corrected chi connectivity index (χ4v) is 9.80. The van der Waals surface area contributed by atoms with Crippen molar-refractivity contribution >= 4 is 47.1 Å². The zero-order chi connectivity index (χ0) is 41.8. The Morgan fingerprint density at radius 3 is 2.41 bits per heavy atom. The number of hydrogen-bond donors (Lipinski definition) is 4. The molecule has 2 aliphatic heterocycles. The van der Waals surface area contributed by atoms with Crippen LogP contribution in [0.2, 0.25) is 0 Å². The molecular formula is C36H38N7O14PS. The number of carbonyl (C=O) groups excluding carboxylic acids is 2. The smallest absolute Gasteiger partial charge is 0.389 e. The number of aliphatic hydroxyl groups excluding tert-OH is 2. The van der Waals surface area contributed by atoms with Crippen molar-refractivity contribution in [3.8, 4) is 11.5 Å². The van der Waals surface area contributed by atoms with Crippen LogP contribution in [0, 0.1) is 0 Å². The van der Waals surface area contributed by atoms with Crippen molar-refractivity contribution in [3.63, 3.8) is 0 Å². The largest absolute Gasteiger partial charge is 0.427 e. The Hall–Kier alpha value is -5.29. The summed E-state index contributed by atoms with van der Waals surface area (Å²) in [4.78, 5) is 63.0. The highest BCUT2D eigenvalue weighted by atomic mass is 32.7. The predicted octanol–water partition coefficient (Wildman–Crippen LogP) is 2.10. The molecule has 5 heterocycles. The zero-order valence-electron chi connectivity index (χ0n) is 31.3. The van der Waals surface area contributed by atoms with Crippen molar-refractivity contribution in [2.45, 2.75) is 62.1 Å². The van der Waals surface area contributed by atoms with Crippen molar-refractivity contribution in [1.29, 1.82) is 0 Å².